The number of rotatable bonds is 5. The van der Waals surface area contributed by atoms with Gasteiger partial charge in [0.2, 0.25) is 0 Å². The molecule has 0 radical (unpaired) electrons. The highest BCUT2D eigenvalue weighted by Gasteiger charge is 2.20. The number of ether oxygens (including phenoxy) is 1. The summed E-state index contributed by atoms with van der Waals surface area (Å²) >= 11 is 0. The molecule has 0 aromatic carbocycles. The molecule has 0 aliphatic carbocycles. The predicted molar refractivity (Wildman–Crippen MR) is 63.9 cm³/mol. The molecule has 0 fully saturated rings. The summed E-state index contributed by atoms with van der Waals surface area (Å²) in [5.74, 6) is 0. The molecule has 0 saturated carbocycles. The molecule has 88 valence electrons. The Labute approximate surface area is 93.5 Å². The van der Waals surface area contributed by atoms with Crippen molar-refractivity contribution in [2.75, 3.05) is 27.2 Å². The van der Waals surface area contributed by atoms with Crippen LogP contribution in [-0.2, 0) is 4.74 Å². The van der Waals surface area contributed by atoms with Crippen molar-refractivity contribution in [2.45, 2.75) is 38.3 Å². The molecule has 1 aliphatic rings. The first-order valence-corrected chi connectivity index (χ1v) is 5.71. The van der Waals surface area contributed by atoms with E-state index in [1.54, 1.807) is 0 Å². The van der Waals surface area contributed by atoms with Gasteiger partial charge in [0.1, 0.15) is 6.10 Å². The maximum atomic E-state index is 5.50. The molecule has 0 aromatic rings. The van der Waals surface area contributed by atoms with Crippen LogP contribution in [0.25, 0.3) is 0 Å². The Bertz CT molecular complexity index is 212. The van der Waals surface area contributed by atoms with E-state index in [9.17, 15) is 0 Å². The lowest BCUT2D eigenvalue weighted by molar-refractivity contribution is 0.114. The fraction of sp³-hybridized carbons (Fsp3) is 0.833. The molecule has 0 spiro atoms. The number of likely N-dealkylation sites (N-methyl/N-ethyl adjacent to an activating group) is 1. The molecular weight excluding hydrogens is 188 g/mol. The molecule has 1 unspecified atom stereocenters. The van der Waals surface area contributed by atoms with Gasteiger partial charge in [-0.25, -0.2) is 0 Å². The van der Waals surface area contributed by atoms with Gasteiger partial charge in [-0.3, -0.25) is 0 Å². The Morgan fingerprint density at radius 2 is 2.20 bits per heavy atom. The average Bonchev–Trinajstić information content (AvgIpc) is 2.19. The first-order chi connectivity index (χ1) is 7.02. The third kappa shape index (κ3) is 4.22. The Hall–Kier alpha value is -0.540. The monoisotopic (exact) mass is 212 g/mol. The van der Waals surface area contributed by atoms with E-state index in [0.717, 1.165) is 25.9 Å². The molecule has 15 heavy (non-hydrogen) atoms. The van der Waals surface area contributed by atoms with Crippen molar-refractivity contribution < 1.29 is 4.74 Å². The highest BCUT2D eigenvalue weighted by Crippen LogP contribution is 2.11. The van der Waals surface area contributed by atoms with Crippen molar-refractivity contribution >= 4 is 0 Å². The lowest BCUT2D eigenvalue weighted by Crippen LogP contribution is -2.48. The molecule has 1 N–H and O–H groups in total. The van der Waals surface area contributed by atoms with Gasteiger partial charge >= 0.3 is 0 Å². The van der Waals surface area contributed by atoms with E-state index in [-0.39, 0.29) is 5.54 Å². The van der Waals surface area contributed by atoms with Gasteiger partial charge < -0.3 is 15.0 Å². The van der Waals surface area contributed by atoms with E-state index in [1.165, 1.54) is 0 Å². The van der Waals surface area contributed by atoms with Gasteiger partial charge in [0, 0.05) is 18.6 Å². The molecule has 0 amide bonds. The quantitative estimate of drug-likeness (QED) is 0.749. The predicted octanol–water partition coefficient (Wildman–Crippen LogP) is 1.61. The summed E-state index contributed by atoms with van der Waals surface area (Å²) in [4.78, 5) is 2.24. The van der Waals surface area contributed by atoms with E-state index in [1.807, 2.05) is 6.26 Å². The minimum atomic E-state index is 0.199. The molecule has 0 aromatic heterocycles. The molecule has 1 atom stereocenters. The van der Waals surface area contributed by atoms with Gasteiger partial charge in [-0.05, 0) is 46.9 Å². The average molecular weight is 212 g/mol. The molecule has 1 aliphatic heterocycles. The molecular formula is C12H24N2O. The lowest BCUT2D eigenvalue weighted by atomic mass is 10.0. The zero-order valence-corrected chi connectivity index (χ0v) is 10.4. The SMILES string of the molecule is CN(C)C(C)(C)CNCC1CCC=CO1. The highest BCUT2D eigenvalue weighted by molar-refractivity contribution is 4.85. The third-order valence-corrected chi connectivity index (χ3v) is 3.16. The zero-order chi connectivity index (χ0) is 11.3. The van der Waals surface area contributed by atoms with Crippen LogP contribution >= 0.6 is 0 Å². The Kier molecular flexibility index (Phi) is 4.61. The summed E-state index contributed by atoms with van der Waals surface area (Å²) in [6.07, 6.45) is 6.54. The van der Waals surface area contributed by atoms with Crippen LogP contribution in [0.15, 0.2) is 12.3 Å². The van der Waals surface area contributed by atoms with Gasteiger partial charge in [0.25, 0.3) is 0 Å². The minimum absolute atomic E-state index is 0.199. The summed E-state index contributed by atoms with van der Waals surface area (Å²) in [7, 11) is 4.23. The third-order valence-electron chi connectivity index (χ3n) is 3.16. The Morgan fingerprint density at radius 1 is 1.47 bits per heavy atom. The van der Waals surface area contributed by atoms with Gasteiger partial charge in [-0.1, -0.05) is 0 Å². The van der Waals surface area contributed by atoms with Gasteiger partial charge in [-0.15, -0.1) is 0 Å². The highest BCUT2D eigenvalue weighted by atomic mass is 16.5. The normalized spacial score (nSPS) is 21.8. The van der Waals surface area contributed by atoms with Crippen LogP contribution in [0.2, 0.25) is 0 Å². The molecule has 0 bridgehead atoms. The summed E-state index contributed by atoms with van der Waals surface area (Å²) < 4.78 is 5.50. The van der Waals surface area contributed by atoms with Crippen molar-refractivity contribution in [1.82, 2.24) is 10.2 Å². The van der Waals surface area contributed by atoms with Gasteiger partial charge in [-0.2, -0.15) is 0 Å². The van der Waals surface area contributed by atoms with E-state index in [0.29, 0.717) is 6.10 Å². The summed E-state index contributed by atoms with van der Waals surface area (Å²) in [5, 5.41) is 3.48. The summed E-state index contributed by atoms with van der Waals surface area (Å²) in [6.45, 7) is 6.41. The van der Waals surface area contributed by atoms with Crippen molar-refractivity contribution in [1.29, 1.82) is 0 Å². The second-order valence-electron chi connectivity index (χ2n) is 5.04. The standard InChI is InChI=1S/C12H24N2O/c1-12(2,14(3)4)10-13-9-11-7-5-6-8-15-11/h6,8,11,13H,5,7,9-10H2,1-4H3. The number of hydrogen-bond acceptors (Lipinski definition) is 3. The van der Waals surface area contributed by atoms with Gasteiger partial charge in [0.15, 0.2) is 0 Å². The number of allylic oxidation sites excluding steroid dienone is 1. The molecule has 0 saturated heterocycles. The van der Waals surface area contributed by atoms with E-state index in [2.05, 4.69) is 44.2 Å². The maximum absolute atomic E-state index is 5.50. The number of nitrogens with zero attached hydrogens (tertiary/aromatic N) is 1. The largest absolute Gasteiger partial charge is 0.497 e. The number of hydrogen-bond donors (Lipinski definition) is 1. The van der Waals surface area contributed by atoms with Gasteiger partial charge in [0.05, 0.1) is 6.26 Å². The Morgan fingerprint density at radius 3 is 2.73 bits per heavy atom. The van der Waals surface area contributed by atoms with Crippen LogP contribution < -0.4 is 5.32 Å². The van der Waals surface area contributed by atoms with Crippen molar-refractivity contribution in [3.8, 4) is 0 Å². The van der Waals surface area contributed by atoms with Crippen molar-refractivity contribution in [2.24, 2.45) is 0 Å². The number of nitrogens with one attached hydrogen (secondary N) is 1. The fourth-order valence-electron chi connectivity index (χ4n) is 1.43. The first-order valence-electron chi connectivity index (χ1n) is 5.71. The molecule has 1 heterocycles. The van der Waals surface area contributed by atoms with E-state index >= 15 is 0 Å². The summed E-state index contributed by atoms with van der Waals surface area (Å²) in [6, 6.07) is 0. The molecule has 1 rings (SSSR count). The fourth-order valence-corrected chi connectivity index (χ4v) is 1.43. The van der Waals surface area contributed by atoms with Crippen LogP contribution in [0.4, 0.5) is 0 Å². The molecule has 3 heteroatoms. The van der Waals surface area contributed by atoms with Crippen molar-refractivity contribution in [3.05, 3.63) is 12.3 Å². The second kappa shape index (κ2) is 5.52. The maximum Gasteiger partial charge on any atom is 0.110 e. The van der Waals surface area contributed by atoms with Crippen molar-refractivity contribution in [3.63, 3.8) is 0 Å². The smallest absolute Gasteiger partial charge is 0.110 e. The van der Waals surface area contributed by atoms with Crippen LogP contribution in [0.5, 0.6) is 0 Å². The molecule has 3 nitrogen and oxygen atoms in total. The first kappa shape index (κ1) is 12.5. The summed E-state index contributed by atoms with van der Waals surface area (Å²) in [5.41, 5.74) is 0.199. The van der Waals surface area contributed by atoms with E-state index in [4.69, 9.17) is 4.74 Å². The lowest BCUT2D eigenvalue weighted by Gasteiger charge is -2.33. The second-order valence-corrected chi connectivity index (χ2v) is 5.04. The van der Waals surface area contributed by atoms with Crippen LogP contribution in [0.1, 0.15) is 26.7 Å². The zero-order valence-electron chi connectivity index (χ0n) is 10.4. The topological polar surface area (TPSA) is 24.5 Å². The van der Waals surface area contributed by atoms with Crippen LogP contribution in [0.3, 0.4) is 0 Å². The van der Waals surface area contributed by atoms with Crippen LogP contribution in [-0.4, -0.2) is 43.7 Å². The Balaban J connectivity index is 2.18. The van der Waals surface area contributed by atoms with Crippen LogP contribution in [0, 0.1) is 0 Å². The minimum Gasteiger partial charge on any atom is -0.497 e. The van der Waals surface area contributed by atoms with E-state index < -0.39 is 0 Å².